The van der Waals surface area contributed by atoms with Crippen molar-refractivity contribution >= 4 is 7.85 Å². The van der Waals surface area contributed by atoms with Gasteiger partial charge in [0, 0.05) is 0 Å². The Morgan fingerprint density at radius 1 is 1.75 bits per heavy atom. The molecule has 1 heteroatoms. The van der Waals surface area contributed by atoms with E-state index in [2.05, 4.69) is 19.1 Å². The van der Waals surface area contributed by atoms with Crippen LogP contribution in [0, 0.1) is 0 Å². The van der Waals surface area contributed by atoms with Crippen LogP contribution in [0.15, 0.2) is 23.8 Å². The number of rotatable bonds is 0. The predicted molar refractivity (Wildman–Crippen MR) is 37.0 cm³/mol. The summed E-state index contributed by atoms with van der Waals surface area (Å²) in [6, 6.07) is 0. The maximum atomic E-state index is 5.57. The summed E-state index contributed by atoms with van der Waals surface area (Å²) in [5, 5.41) is 0. The molecule has 1 atom stereocenters. The van der Waals surface area contributed by atoms with Crippen molar-refractivity contribution in [3.63, 3.8) is 0 Å². The average molecular weight is 104 g/mol. The highest BCUT2D eigenvalue weighted by atomic mass is 14.0. The number of hydrogen-bond donors (Lipinski definition) is 0. The maximum Gasteiger partial charge on any atom is 0.0759 e. The third-order valence-corrected chi connectivity index (χ3v) is 1.32. The Kier molecular flexibility index (Phi) is 1.57. The fourth-order valence-electron chi connectivity index (χ4n) is 0.744. The molecule has 0 fully saturated rings. The fourth-order valence-corrected chi connectivity index (χ4v) is 0.744. The molecule has 0 aromatic rings. The van der Waals surface area contributed by atoms with E-state index >= 15 is 0 Å². The van der Waals surface area contributed by atoms with Crippen molar-refractivity contribution in [1.82, 2.24) is 0 Å². The second kappa shape index (κ2) is 2.21. The lowest BCUT2D eigenvalue weighted by molar-refractivity contribution is 1.01. The van der Waals surface area contributed by atoms with Crippen LogP contribution in [0.4, 0.5) is 0 Å². The Morgan fingerprint density at radius 3 is 2.88 bits per heavy atom. The zero-order valence-electron chi connectivity index (χ0n) is 5.09. The van der Waals surface area contributed by atoms with Gasteiger partial charge in [-0.1, -0.05) is 29.6 Å². The molecule has 0 saturated heterocycles. The van der Waals surface area contributed by atoms with E-state index in [0.29, 0.717) is 0 Å². The zero-order valence-corrected chi connectivity index (χ0v) is 5.09. The summed E-state index contributed by atoms with van der Waals surface area (Å²) in [5.74, 6) is 0.263. The van der Waals surface area contributed by atoms with Crippen LogP contribution >= 0.6 is 0 Å². The number of allylic oxidation sites excluding steroid dienone is 4. The van der Waals surface area contributed by atoms with Gasteiger partial charge in [-0.25, -0.2) is 0 Å². The summed E-state index contributed by atoms with van der Waals surface area (Å²) >= 11 is 0. The molecule has 0 spiro atoms. The zero-order chi connectivity index (χ0) is 5.98. The summed E-state index contributed by atoms with van der Waals surface area (Å²) in [5.41, 5.74) is 1.33. The van der Waals surface area contributed by atoms with E-state index in [1.807, 2.05) is 6.08 Å². The fraction of sp³-hybridized carbons (Fsp3) is 0.429. The summed E-state index contributed by atoms with van der Waals surface area (Å²) < 4.78 is 0. The van der Waals surface area contributed by atoms with Crippen LogP contribution in [-0.4, -0.2) is 7.85 Å². The Labute approximate surface area is 51.7 Å². The largest absolute Gasteiger partial charge is 0.0895 e. The van der Waals surface area contributed by atoms with Crippen LogP contribution in [0.2, 0.25) is 5.82 Å². The second-order valence-electron chi connectivity index (χ2n) is 2.21. The molecule has 1 aliphatic carbocycles. The van der Waals surface area contributed by atoms with Gasteiger partial charge in [0.1, 0.15) is 0 Å². The molecular weight excluding hydrogens is 94.9 g/mol. The van der Waals surface area contributed by atoms with Gasteiger partial charge in [0.2, 0.25) is 0 Å². The second-order valence-corrected chi connectivity index (χ2v) is 2.21. The molecular formula is C7H9B. The molecule has 0 aromatic carbocycles. The van der Waals surface area contributed by atoms with E-state index in [1.165, 1.54) is 5.57 Å². The minimum Gasteiger partial charge on any atom is -0.0895 e. The van der Waals surface area contributed by atoms with Crippen molar-refractivity contribution in [2.24, 2.45) is 0 Å². The minimum atomic E-state index is 0.263. The molecule has 0 N–H and O–H groups in total. The standard InChI is InChI=1S/C7H9B/c1-6-2-4-7(8)5-3-6/h2-4,7H,5H2,1H3. The lowest BCUT2D eigenvalue weighted by Crippen LogP contribution is -1.89. The van der Waals surface area contributed by atoms with Crippen LogP contribution < -0.4 is 0 Å². The van der Waals surface area contributed by atoms with E-state index in [-0.39, 0.29) is 5.82 Å². The van der Waals surface area contributed by atoms with E-state index in [0.717, 1.165) is 6.42 Å². The summed E-state index contributed by atoms with van der Waals surface area (Å²) in [4.78, 5) is 0. The van der Waals surface area contributed by atoms with Crippen LogP contribution in [0.1, 0.15) is 13.3 Å². The summed E-state index contributed by atoms with van der Waals surface area (Å²) in [7, 11) is 5.57. The smallest absolute Gasteiger partial charge is 0.0759 e. The topological polar surface area (TPSA) is 0 Å². The molecule has 2 radical (unpaired) electrons. The van der Waals surface area contributed by atoms with Crippen molar-refractivity contribution in [1.29, 1.82) is 0 Å². The van der Waals surface area contributed by atoms with Gasteiger partial charge in [-0.05, 0) is 13.3 Å². The number of hydrogen-bond acceptors (Lipinski definition) is 0. The molecule has 0 aromatic heterocycles. The Balaban J connectivity index is 2.58. The van der Waals surface area contributed by atoms with Gasteiger partial charge in [-0.2, -0.15) is 0 Å². The van der Waals surface area contributed by atoms with E-state index in [1.54, 1.807) is 0 Å². The van der Waals surface area contributed by atoms with Crippen molar-refractivity contribution in [3.05, 3.63) is 23.8 Å². The molecule has 0 amide bonds. The highest BCUT2D eigenvalue weighted by molar-refractivity contribution is 6.13. The van der Waals surface area contributed by atoms with Crippen LogP contribution in [0.25, 0.3) is 0 Å². The van der Waals surface area contributed by atoms with Crippen molar-refractivity contribution in [2.75, 3.05) is 0 Å². The first-order valence-electron chi connectivity index (χ1n) is 2.89. The van der Waals surface area contributed by atoms with Crippen LogP contribution in [0.3, 0.4) is 0 Å². The van der Waals surface area contributed by atoms with Crippen molar-refractivity contribution in [2.45, 2.75) is 19.2 Å². The Morgan fingerprint density at radius 2 is 2.50 bits per heavy atom. The molecule has 1 rings (SSSR count). The SMILES string of the molecule is [B]C1C=CC(C)=CC1. The quantitative estimate of drug-likeness (QED) is 0.411. The first-order valence-corrected chi connectivity index (χ1v) is 2.89. The van der Waals surface area contributed by atoms with E-state index in [9.17, 15) is 0 Å². The first kappa shape index (κ1) is 5.68. The molecule has 0 heterocycles. The van der Waals surface area contributed by atoms with E-state index < -0.39 is 0 Å². The molecule has 0 aliphatic heterocycles. The summed E-state index contributed by atoms with van der Waals surface area (Å²) in [6.07, 6.45) is 7.26. The van der Waals surface area contributed by atoms with Crippen molar-refractivity contribution in [3.8, 4) is 0 Å². The third kappa shape index (κ3) is 1.26. The predicted octanol–water partition coefficient (Wildman–Crippen LogP) is 1.85. The van der Waals surface area contributed by atoms with Crippen LogP contribution in [0.5, 0.6) is 0 Å². The van der Waals surface area contributed by atoms with Gasteiger partial charge in [-0.15, -0.1) is 0 Å². The highest BCUT2D eigenvalue weighted by Crippen LogP contribution is 2.16. The normalized spacial score (nSPS) is 27.6. The average Bonchev–Trinajstić information content (AvgIpc) is 1.77. The molecule has 8 heavy (non-hydrogen) atoms. The molecule has 40 valence electrons. The van der Waals surface area contributed by atoms with Gasteiger partial charge < -0.3 is 0 Å². The van der Waals surface area contributed by atoms with Crippen molar-refractivity contribution < 1.29 is 0 Å². The van der Waals surface area contributed by atoms with Crippen LogP contribution in [-0.2, 0) is 0 Å². The molecule has 0 bridgehead atoms. The maximum absolute atomic E-state index is 5.57. The Hall–Kier alpha value is -0.455. The van der Waals surface area contributed by atoms with E-state index in [4.69, 9.17) is 7.85 Å². The van der Waals surface area contributed by atoms with Gasteiger partial charge in [0.25, 0.3) is 0 Å². The van der Waals surface area contributed by atoms with Gasteiger partial charge in [0.05, 0.1) is 7.85 Å². The van der Waals surface area contributed by atoms with Gasteiger partial charge in [0.15, 0.2) is 0 Å². The minimum absolute atomic E-state index is 0.263. The molecule has 0 nitrogen and oxygen atoms in total. The van der Waals surface area contributed by atoms with Gasteiger partial charge in [-0.3, -0.25) is 0 Å². The monoisotopic (exact) mass is 104 g/mol. The molecule has 1 aliphatic rings. The summed E-state index contributed by atoms with van der Waals surface area (Å²) in [6.45, 7) is 2.09. The lowest BCUT2D eigenvalue weighted by Gasteiger charge is -2.07. The lowest BCUT2D eigenvalue weighted by atomic mass is 9.81. The highest BCUT2D eigenvalue weighted by Gasteiger charge is 1.97. The Bertz CT molecular complexity index is 133. The third-order valence-electron chi connectivity index (χ3n) is 1.32. The first-order chi connectivity index (χ1) is 3.79. The van der Waals surface area contributed by atoms with Gasteiger partial charge >= 0.3 is 0 Å². The molecule has 1 unspecified atom stereocenters. The molecule has 0 saturated carbocycles.